The molecular weight excluding hydrogens is 271 g/mol. The fourth-order valence-corrected chi connectivity index (χ4v) is 2.63. The molecule has 1 atom stereocenters. The van der Waals surface area contributed by atoms with E-state index < -0.39 is 0 Å². The van der Waals surface area contributed by atoms with Gasteiger partial charge in [-0.25, -0.2) is 4.39 Å². The van der Waals surface area contributed by atoms with Gasteiger partial charge < -0.3 is 5.32 Å². The number of thiocarbonyl (C=S) groups is 1. The molecule has 3 nitrogen and oxygen atoms in total. The molecule has 1 heterocycles. The smallest absolute Gasteiger partial charge is 0.255 e. The van der Waals surface area contributed by atoms with Gasteiger partial charge in [-0.05, 0) is 48.8 Å². The fraction of sp³-hybridized carbons (Fsp3) is 0.333. The zero-order chi connectivity index (χ0) is 13.1. The maximum absolute atomic E-state index is 13.2. The minimum Gasteiger partial charge on any atom is -0.350 e. The van der Waals surface area contributed by atoms with Crippen molar-refractivity contribution in [3.8, 4) is 0 Å². The molecule has 6 heteroatoms. The van der Waals surface area contributed by atoms with E-state index in [1.165, 1.54) is 17.0 Å². The van der Waals surface area contributed by atoms with Gasteiger partial charge in [-0.3, -0.25) is 9.69 Å². The summed E-state index contributed by atoms with van der Waals surface area (Å²) < 4.78 is 13.2. The van der Waals surface area contributed by atoms with E-state index in [0.29, 0.717) is 17.2 Å². The van der Waals surface area contributed by atoms with Crippen LogP contribution in [-0.4, -0.2) is 29.1 Å². The molecule has 0 aliphatic carbocycles. The van der Waals surface area contributed by atoms with Crippen LogP contribution in [0.15, 0.2) is 24.3 Å². The van der Waals surface area contributed by atoms with Crippen LogP contribution in [-0.2, 0) is 4.79 Å². The van der Waals surface area contributed by atoms with Crippen LogP contribution in [0.1, 0.15) is 6.42 Å². The number of carbonyl (C=O) groups is 1. The average molecular weight is 284 g/mol. The van der Waals surface area contributed by atoms with Gasteiger partial charge in [-0.2, -0.15) is 11.8 Å². The largest absolute Gasteiger partial charge is 0.350 e. The van der Waals surface area contributed by atoms with Crippen molar-refractivity contribution in [2.75, 3.05) is 16.9 Å². The van der Waals surface area contributed by atoms with Crippen LogP contribution in [0.4, 0.5) is 10.1 Å². The third-order valence-corrected chi connectivity index (χ3v) is 3.64. The molecule has 1 aliphatic rings. The van der Waals surface area contributed by atoms with Crippen molar-refractivity contribution in [1.29, 1.82) is 0 Å². The highest BCUT2D eigenvalue weighted by molar-refractivity contribution is 7.98. The topological polar surface area (TPSA) is 32.3 Å². The summed E-state index contributed by atoms with van der Waals surface area (Å²) >= 11 is 6.81. The molecule has 1 aromatic carbocycles. The Hall–Kier alpha value is -1.14. The van der Waals surface area contributed by atoms with E-state index in [1.54, 1.807) is 23.9 Å². The van der Waals surface area contributed by atoms with Gasteiger partial charge in [-0.15, -0.1) is 0 Å². The second kappa shape index (κ2) is 5.67. The predicted octanol–water partition coefficient (Wildman–Crippen LogP) is 2.17. The predicted molar refractivity (Wildman–Crippen MR) is 76.4 cm³/mol. The lowest BCUT2D eigenvalue weighted by atomic mass is 10.2. The van der Waals surface area contributed by atoms with E-state index in [0.717, 1.165) is 5.75 Å². The van der Waals surface area contributed by atoms with Gasteiger partial charge in [0.25, 0.3) is 5.91 Å². The number of nitrogens with zero attached hydrogens (tertiary/aromatic N) is 1. The quantitative estimate of drug-likeness (QED) is 0.859. The lowest BCUT2D eigenvalue weighted by Crippen LogP contribution is -2.31. The Morgan fingerprint density at radius 1 is 1.56 bits per heavy atom. The number of anilines is 1. The summed E-state index contributed by atoms with van der Waals surface area (Å²) in [6, 6.07) is 5.59. The SMILES string of the molecule is CSCC[C@H]1NC(=S)N(c2cccc(F)c2)C1=O. The molecule has 0 unspecified atom stereocenters. The number of rotatable bonds is 4. The zero-order valence-electron chi connectivity index (χ0n) is 9.85. The summed E-state index contributed by atoms with van der Waals surface area (Å²) in [6.45, 7) is 0. The normalized spacial score (nSPS) is 19.2. The number of nitrogens with one attached hydrogen (secondary N) is 1. The van der Waals surface area contributed by atoms with E-state index >= 15 is 0 Å². The molecule has 1 aromatic rings. The van der Waals surface area contributed by atoms with Crippen molar-refractivity contribution in [1.82, 2.24) is 5.32 Å². The van der Waals surface area contributed by atoms with E-state index in [4.69, 9.17) is 12.2 Å². The highest BCUT2D eigenvalue weighted by Crippen LogP contribution is 2.22. The molecular formula is C12H13FN2OS2. The highest BCUT2D eigenvalue weighted by Gasteiger charge is 2.35. The van der Waals surface area contributed by atoms with Crippen LogP contribution in [0.3, 0.4) is 0 Å². The van der Waals surface area contributed by atoms with Crippen molar-refractivity contribution in [3.05, 3.63) is 30.1 Å². The third-order valence-electron chi connectivity index (χ3n) is 2.70. The third kappa shape index (κ3) is 2.64. The lowest BCUT2D eigenvalue weighted by molar-refractivity contribution is -0.118. The number of benzene rings is 1. The van der Waals surface area contributed by atoms with Gasteiger partial charge in [0.15, 0.2) is 5.11 Å². The van der Waals surface area contributed by atoms with Crippen molar-refractivity contribution in [2.45, 2.75) is 12.5 Å². The van der Waals surface area contributed by atoms with Gasteiger partial charge in [-0.1, -0.05) is 6.07 Å². The van der Waals surface area contributed by atoms with Crippen LogP contribution in [0.5, 0.6) is 0 Å². The van der Waals surface area contributed by atoms with Crippen molar-refractivity contribution in [2.24, 2.45) is 0 Å². The first-order valence-corrected chi connectivity index (χ1v) is 7.32. The summed E-state index contributed by atoms with van der Waals surface area (Å²) in [5.41, 5.74) is 0.476. The van der Waals surface area contributed by atoms with Crippen LogP contribution >= 0.6 is 24.0 Å². The van der Waals surface area contributed by atoms with Crippen LogP contribution < -0.4 is 10.2 Å². The second-order valence-corrected chi connectivity index (χ2v) is 5.31. The molecule has 1 saturated heterocycles. The Kier molecular flexibility index (Phi) is 4.19. The van der Waals surface area contributed by atoms with Gasteiger partial charge >= 0.3 is 0 Å². The van der Waals surface area contributed by atoms with Crippen LogP contribution in [0.25, 0.3) is 0 Å². The minimum absolute atomic E-state index is 0.111. The molecule has 1 N–H and O–H groups in total. The monoisotopic (exact) mass is 284 g/mol. The van der Waals surface area contributed by atoms with Gasteiger partial charge in [0.05, 0.1) is 5.69 Å². The maximum Gasteiger partial charge on any atom is 0.255 e. The first kappa shape index (κ1) is 13.3. The highest BCUT2D eigenvalue weighted by atomic mass is 32.2. The molecule has 0 saturated carbocycles. The standard InChI is InChI=1S/C12H13FN2OS2/c1-18-6-5-10-11(16)15(12(17)14-10)9-4-2-3-8(13)7-9/h2-4,7,10H,5-6H2,1H3,(H,14,17)/t10-/m1/s1. The Balaban J connectivity index is 2.19. The Morgan fingerprint density at radius 3 is 3.00 bits per heavy atom. The van der Waals surface area contributed by atoms with Crippen molar-refractivity contribution >= 4 is 40.7 Å². The lowest BCUT2D eigenvalue weighted by Gasteiger charge is -2.14. The Labute approximate surface area is 115 Å². The van der Waals surface area contributed by atoms with E-state index in [9.17, 15) is 9.18 Å². The molecule has 96 valence electrons. The van der Waals surface area contributed by atoms with Crippen molar-refractivity contribution in [3.63, 3.8) is 0 Å². The van der Waals surface area contributed by atoms with E-state index in [1.807, 2.05) is 6.26 Å². The Bertz CT molecular complexity index is 481. The first-order chi connectivity index (χ1) is 8.63. The van der Waals surface area contributed by atoms with Crippen LogP contribution in [0.2, 0.25) is 0 Å². The van der Waals surface area contributed by atoms with Crippen LogP contribution in [0, 0.1) is 5.82 Å². The fourth-order valence-electron chi connectivity index (χ4n) is 1.82. The average Bonchev–Trinajstić information content (AvgIpc) is 2.62. The maximum atomic E-state index is 13.2. The van der Waals surface area contributed by atoms with Gasteiger partial charge in [0.1, 0.15) is 11.9 Å². The summed E-state index contributed by atoms with van der Waals surface area (Å²) in [5, 5.41) is 3.32. The molecule has 0 aromatic heterocycles. The van der Waals surface area contributed by atoms with E-state index in [-0.39, 0.29) is 17.8 Å². The summed E-state index contributed by atoms with van der Waals surface area (Å²) in [4.78, 5) is 13.5. The zero-order valence-corrected chi connectivity index (χ0v) is 11.5. The molecule has 0 bridgehead atoms. The molecule has 1 aliphatic heterocycles. The number of hydrogen-bond donors (Lipinski definition) is 1. The Morgan fingerprint density at radius 2 is 2.33 bits per heavy atom. The molecule has 1 amide bonds. The summed E-state index contributed by atoms with van der Waals surface area (Å²) in [6.07, 6.45) is 2.70. The number of thioether (sulfide) groups is 1. The molecule has 0 spiro atoms. The number of carbonyl (C=O) groups excluding carboxylic acids is 1. The minimum atomic E-state index is -0.379. The molecule has 0 radical (unpaired) electrons. The van der Waals surface area contributed by atoms with Gasteiger partial charge in [0, 0.05) is 0 Å². The second-order valence-electron chi connectivity index (χ2n) is 3.94. The van der Waals surface area contributed by atoms with Gasteiger partial charge in [0.2, 0.25) is 0 Å². The molecule has 18 heavy (non-hydrogen) atoms. The molecule has 1 fully saturated rings. The number of hydrogen-bond acceptors (Lipinski definition) is 3. The summed E-state index contributed by atoms with van der Waals surface area (Å²) in [5.74, 6) is 0.388. The van der Waals surface area contributed by atoms with E-state index in [2.05, 4.69) is 5.32 Å². The molecule has 2 rings (SSSR count). The first-order valence-electron chi connectivity index (χ1n) is 5.52. The number of amides is 1. The van der Waals surface area contributed by atoms with Crippen molar-refractivity contribution < 1.29 is 9.18 Å². The summed E-state index contributed by atoms with van der Waals surface area (Å²) in [7, 11) is 0. The number of halogens is 1.